The van der Waals surface area contributed by atoms with Gasteiger partial charge in [-0.3, -0.25) is 0 Å². The summed E-state index contributed by atoms with van der Waals surface area (Å²) in [5.41, 5.74) is 0.770. The fourth-order valence-electron chi connectivity index (χ4n) is 1.69. The van der Waals surface area contributed by atoms with Gasteiger partial charge in [-0.2, -0.15) is 5.26 Å². The van der Waals surface area contributed by atoms with Gasteiger partial charge in [0.2, 0.25) is 0 Å². The van der Waals surface area contributed by atoms with Crippen molar-refractivity contribution in [1.29, 1.82) is 5.26 Å². The Morgan fingerprint density at radius 2 is 2.35 bits per heavy atom. The molecule has 88 valence electrons. The van der Waals surface area contributed by atoms with Crippen molar-refractivity contribution < 1.29 is 9.15 Å². The van der Waals surface area contributed by atoms with E-state index in [-0.39, 0.29) is 0 Å². The molecule has 0 fully saturated rings. The number of nitriles is 1. The highest BCUT2D eigenvalue weighted by Gasteiger charge is 2.07. The predicted molar refractivity (Wildman–Crippen MR) is 64.7 cm³/mol. The van der Waals surface area contributed by atoms with Crippen LogP contribution in [0.4, 0.5) is 0 Å². The lowest BCUT2D eigenvalue weighted by Gasteiger charge is -1.99. The van der Waals surface area contributed by atoms with E-state index >= 15 is 0 Å². The van der Waals surface area contributed by atoms with Crippen LogP contribution in [0.3, 0.4) is 0 Å². The van der Waals surface area contributed by atoms with Crippen molar-refractivity contribution in [3.8, 4) is 11.8 Å². The van der Waals surface area contributed by atoms with Crippen LogP contribution in [0.15, 0.2) is 28.7 Å². The summed E-state index contributed by atoms with van der Waals surface area (Å²) < 4.78 is 10.9. The normalized spacial score (nSPS) is 10.4. The van der Waals surface area contributed by atoms with Crippen molar-refractivity contribution in [3.63, 3.8) is 0 Å². The van der Waals surface area contributed by atoms with E-state index in [4.69, 9.17) is 14.4 Å². The Bertz CT molecular complexity index is 540. The van der Waals surface area contributed by atoms with Crippen molar-refractivity contribution in [1.82, 2.24) is 5.32 Å². The van der Waals surface area contributed by atoms with Gasteiger partial charge in [-0.25, -0.2) is 0 Å². The van der Waals surface area contributed by atoms with Gasteiger partial charge in [0.1, 0.15) is 5.76 Å². The standard InChI is InChI=1S/C13H14N2O2/c1-16-12-5-2-4-10-8-11(17-13(10)12)9-15-7-3-6-14/h2,4-5,8,15H,3,7,9H2,1H3. The fraction of sp³-hybridized carbons (Fsp3) is 0.308. The van der Waals surface area contributed by atoms with Crippen molar-refractivity contribution in [3.05, 3.63) is 30.0 Å². The number of hydrogen-bond acceptors (Lipinski definition) is 4. The number of benzene rings is 1. The molecular formula is C13H14N2O2. The van der Waals surface area contributed by atoms with Crippen LogP contribution in [0.5, 0.6) is 5.75 Å². The summed E-state index contributed by atoms with van der Waals surface area (Å²) in [5, 5.41) is 12.6. The molecule has 2 aromatic rings. The predicted octanol–water partition coefficient (Wildman–Crippen LogP) is 2.44. The Labute approximate surface area is 99.8 Å². The second kappa shape index (κ2) is 5.37. The van der Waals surface area contributed by atoms with E-state index in [1.165, 1.54) is 0 Å². The second-order valence-corrected chi connectivity index (χ2v) is 3.68. The molecule has 1 heterocycles. The Morgan fingerprint density at radius 3 is 3.12 bits per heavy atom. The van der Waals surface area contributed by atoms with Gasteiger partial charge in [0.25, 0.3) is 0 Å². The van der Waals surface area contributed by atoms with Gasteiger partial charge < -0.3 is 14.5 Å². The van der Waals surface area contributed by atoms with Gasteiger partial charge in [0, 0.05) is 18.4 Å². The number of hydrogen-bond donors (Lipinski definition) is 1. The topological polar surface area (TPSA) is 58.2 Å². The van der Waals surface area contributed by atoms with E-state index in [0.29, 0.717) is 19.5 Å². The van der Waals surface area contributed by atoms with Crippen LogP contribution >= 0.6 is 0 Å². The smallest absolute Gasteiger partial charge is 0.176 e. The fourth-order valence-corrected chi connectivity index (χ4v) is 1.69. The molecule has 2 rings (SSSR count). The van der Waals surface area contributed by atoms with Crippen molar-refractivity contribution in [2.45, 2.75) is 13.0 Å². The second-order valence-electron chi connectivity index (χ2n) is 3.68. The summed E-state index contributed by atoms with van der Waals surface area (Å²) in [4.78, 5) is 0. The Morgan fingerprint density at radius 1 is 1.47 bits per heavy atom. The highest BCUT2D eigenvalue weighted by atomic mass is 16.5. The quantitative estimate of drug-likeness (QED) is 0.801. The number of ether oxygens (including phenoxy) is 1. The first-order chi connectivity index (χ1) is 8.35. The van der Waals surface area contributed by atoms with Gasteiger partial charge in [0.05, 0.1) is 19.7 Å². The lowest BCUT2D eigenvalue weighted by molar-refractivity contribution is 0.406. The third-order valence-corrected chi connectivity index (χ3v) is 2.49. The summed E-state index contributed by atoms with van der Waals surface area (Å²) in [6.07, 6.45) is 0.504. The third-order valence-electron chi connectivity index (χ3n) is 2.49. The molecular weight excluding hydrogens is 216 g/mol. The molecule has 0 aliphatic carbocycles. The molecule has 0 atom stereocenters. The summed E-state index contributed by atoms with van der Waals surface area (Å²) in [5.74, 6) is 1.59. The highest BCUT2D eigenvalue weighted by molar-refractivity contribution is 5.83. The molecule has 4 nitrogen and oxygen atoms in total. The number of furan rings is 1. The maximum Gasteiger partial charge on any atom is 0.176 e. The van der Waals surface area contributed by atoms with Crippen LogP contribution < -0.4 is 10.1 Å². The molecule has 0 saturated heterocycles. The zero-order valence-electron chi connectivity index (χ0n) is 9.69. The van der Waals surface area contributed by atoms with Crippen LogP contribution in [0.25, 0.3) is 11.0 Å². The number of nitrogens with zero attached hydrogens (tertiary/aromatic N) is 1. The van der Waals surface area contributed by atoms with Gasteiger partial charge >= 0.3 is 0 Å². The number of rotatable bonds is 5. The van der Waals surface area contributed by atoms with Crippen LogP contribution in [0.2, 0.25) is 0 Å². The SMILES string of the molecule is COc1cccc2cc(CNCCC#N)oc12. The molecule has 1 N–H and O–H groups in total. The van der Waals surface area contributed by atoms with Gasteiger partial charge in [-0.05, 0) is 12.1 Å². The number of fused-ring (bicyclic) bond motifs is 1. The number of nitrogens with one attached hydrogen (secondary N) is 1. The van der Waals surface area contributed by atoms with Crippen molar-refractivity contribution in [2.24, 2.45) is 0 Å². The van der Waals surface area contributed by atoms with E-state index in [2.05, 4.69) is 11.4 Å². The van der Waals surface area contributed by atoms with E-state index < -0.39 is 0 Å². The van der Waals surface area contributed by atoms with Crippen LogP contribution in [0, 0.1) is 11.3 Å². The largest absolute Gasteiger partial charge is 0.493 e. The molecule has 1 aromatic heterocycles. The van der Waals surface area contributed by atoms with E-state index in [1.807, 2.05) is 24.3 Å². The van der Waals surface area contributed by atoms with E-state index in [1.54, 1.807) is 7.11 Å². The van der Waals surface area contributed by atoms with Gasteiger partial charge in [-0.15, -0.1) is 0 Å². The van der Waals surface area contributed by atoms with Crippen molar-refractivity contribution >= 4 is 11.0 Å². The number of para-hydroxylation sites is 1. The first-order valence-electron chi connectivity index (χ1n) is 5.48. The molecule has 0 spiro atoms. The molecule has 1 aromatic carbocycles. The molecule has 0 aliphatic rings. The maximum atomic E-state index is 8.42. The summed E-state index contributed by atoms with van der Waals surface area (Å²) in [6.45, 7) is 1.30. The Kier molecular flexibility index (Phi) is 3.63. The highest BCUT2D eigenvalue weighted by Crippen LogP contribution is 2.28. The Balaban J connectivity index is 2.12. The van der Waals surface area contributed by atoms with Crippen LogP contribution in [0.1, 0.15) is 12.2 Å². The molecule has 0 saturated carbocycles. The minimum absolute atomic E-state index is 0.504. The monoisotopic (exact) mass is 230 g/mol. The van der Waals surface area contributed by atoms with E-state index in [0.717, 1.165) is 22.5 Å². The molecule has 4 heteroatoms. The summed E-state index contributed by atoms with van der Waals surface area (Å²) in [7, 11) is 1.63. The van der Waals surface area contributed by atoms with Crippen molar-refractivity contribution in [2.75, 3.05) is 13.7 Å². The van der Waals surface area contributed by atoms with Gasteiger partial charge in [0.15, 0.2) is 11.3 Å². The molecule has 0 unspecified atom stereocenters. The Hall–Kier alpha value is -1.99. The first kappa shape index (κ1) is 11.5. The molecule has 0 amide bonds. The number of methoxy groups -OCH3 is 1. The molecule has 17 heavy (non-hydrogen) atoms. The zero-order chi connectivity index (χ0) is 12.1. The zero-order valence-corrected chi connectivity index (χ0v) is 9.69. The first-order valence-corrected chi connectivity index (χ1v) is 5.48. The van der Waals surface area contributed by atoms with E-state index in [9.17, 15) is 0 Å². The molecule has 0 radical (unpaired) electrons. The lowest BCUT2D eigenvalue weighted by Crippen LogP contribution is -2.13. The minimum atomic E-state index is 0.504. The van der Waals surface area contributed by atoms with Crippen LogP contribution in [-0.2, 0) is 6.54 Å². The lowest BCUT2D eigenvalue weighted by atomic mass is 10.2. The molecule has 0 aliphatic heterocycles. The third kappa shape index (κ3) is 2.58. The summed E-state index contributed by atoms with van der Waals surface area (Å²) >= 11 is 0. The summed E-state index contributed by atoms with van der Waals surface area (Å²) in [6, 6.07) is 9.86. The van der Waals surface area contributed by atoms with Gasteiger partial charge in [-0.1, -0.05) is 12.1 Å². The minimum Gasteiger partial charge on any atom is -0.493 e. The maximum absolute atomic E-state index is 8.42. The molecule has 0 bridgehead atoms. The van der Waals surface area contributed by atoms with Crippen LogP contribution in [-0.4, -0.2) is 13.7 Å². The average Bonchev–Trinajstić information content (AvgIpc) is 2.77. The average molecular weight is 230 g/mol.